The first-order valence-electron chi connectivity index (χ1n) is 8.86. The van der Waals surface area contributed by atoms with Crippen LogP contribution in [-0.2, 0) is 9.47 Å². The lowest BCUT2D eigenvalue weighted by Gasteiger charge is -2.15. The van der Waals surface area contributed by atoms with E-state index in [-0.39, 0.29) is 6.29 Å². The molecule has 3 heterocycles. The zero-order chi connectivity index (χ0) is 19.3. The third-order valence-electron chi connectivity index (χ3n) is 4.41. The van der Waals surface area contributed by atoms with Crippen molar-refractivity contribution in [1.29, 1.82) is 0 Å². The number of rotatable bonds is 7. The number of ether oxygens (including phenoxy) is 2. The fourth-order valence-electron chi connectivity index (χ4n) is 2.97. The molecule has 3 aromatic heterocycles. The Balaban J connectivity index is 1.70. The molecule has 0 amide bonds. The fraction of sp³-hybridized carbons (Fsp3) is 0.190. The first kappa shape index (κ1) is 18.5. The van der Waals surface area contributed by atoms with E-state index in [1.165, 1.54) is 0 Å². The van der Waals surface area contributed by atoms with Crippen molar-refractivity contribution in [3.05, 3.63) is 60.8 Å². The van der Waals surface area contributed by atoms with Crippen molar-refractivity contribution in [2.24, 2.45) is 0 Å². The van der Waals surface area contributed by atoms with E-state index in [0.717, 1.165) is 31.9 Å². The number of nitrogens with one attached hydrogen (secondary N) is 1. The molecule has 1 N–H and O–H groups in total. The second-order valence-electron chi connectivity index (χ2n) is 6.10. The van der Waals surface area contributed by atoms with E-state index < -0.39 is 0 Å². The molecule has 0 radical (unpaired) electrons. The molecular weight excluding hydrogens is 372 g/mol. The quantitative estimate of drug-likeness (QED) is 0.469. The number of fused-ring (bicyclic) bond motifs is 1. The van der Waals surface area contributed by atoms with Crippen molar-refractivity contribution in [1.82, 2.24) is 15.2 Å². The largest absolute Gasteiger partial charge is 0.363 e. The second kappa shape index (κ2) is 8.43. The van der Waals surface area contributed by atoms with Gasteiger partial charge in [0.2, 0.25) is 0 Å². The van der Waals surface area contributed by atoms with Gasteiger partial charge in [-0.15, -0.1) is 21.5 Å². The number of methoxy groups -OCH3 is 2. The number of nitrogens with zero attached hydrogens (tertiary/aromatic N) is 3. The Bertz CT molecular complexity index is 1060. The summed E-state index contributed by atoms with van der Waals surface area (Å²) in [6, 6.07) is 18.2. The monoisotopic (exact) mass is 392 g/mol. The highest BCUT2D eigenvalue weighted by molar-refractivity contribution is 7.18. The average Bonchev–Trinajstić information content (AvgIpc) is 3.25. The highest BCUT2D eigenvalue weighted by Gasteiger charge is 2.14. The van der Waals surface area contributed by atoms with Crippen molar-refractivity contribution in [3.63, 3.8) is 0 Å². The summed E-state index contributed by atoms with van der Waals surface area (Å²) in [5, 5.41) is 14.3. The Kier molecular flexibility index (Phi) is 5.57. The van der Waals surface area contributed by atoms with Crippen LogP contribution in [0, 0.1) is 0 Å². The molecule has 142 valence electrons. The minimum Gasteiger partial charge on any atom is -0.363 e. The summed E-state index contributed by atoms with van der Waals surface area (Å²) >= 11 is 1.66. The molecule has 4 rings (SSSR count). The minimum atomic E-state index is -0.349. The van der Waals surface area contributed by atoms with Crippen LogP contribution < -0.4 is 5.32 Å². The number of hydrogen-bond donors (Lipinski definition) is 1. The van der Waals surface area contributed by atoms with Crippen LogP contribution in [-0.4, -0.2) is 42.2 Å². The Morgan fingerprint density at radius 2 is 1.64 bits per heavy atom. The zero-order valence-corrected chi connectivity index (χ0v) is 16.4. The number of anilines is 1. The number of hydrogen-bond acceptors (Lipinski definition) is 7. The lowest BCUT2D eigenvalue weighted by Crippen LogP contribution is -2.24. The van der Waals surface area contributed by atoms with Gasteiger partial charge in [-0.1, -0.05) is 30.3 Å². The predicted molar refractivity (Wildman–Crippen MR) is 112 cm³/mol. The van der Waals surface area contributed by atoms with Crippen molar-refractivity contribution >= 4 is 27.9 Å². The van der Waals surface area contributed by atoms with Gasteiger partial charge >= 0.3 is 0 Å². The van der Waals surface area contributed by atoms with Gasteiger partial charge in [-0.3, -0.25) is 4.98 Å². The SMILES string of the molecule is COC(CNc1nnc(-c2ccc(-c3ccccn3)s2)c2ccccc12)OC. The minimum absolute atomic E-state index is 0.349. The van der Waals surface area contributed by atoms with Crippen molar-refractivity contribution in [2.75, 3.05) is 26.1 Å². The van der Waals surface area contributed by atoms with Gasteiger partial charge in [0.05, 0.1) is 22.0 Å². The molecule has 6 nitrogen and oxygen atoms in total. The summed E-state index contributed by atoms with van der Waals surface area (Å²) in [6.07, 6.45) is 1.45. The molecule has 0 aliphatic heterocycles. The number of thiophene rings is 1. The molecular formula is C21H20N4O2S. The van der Waals surface area contributed by atoms with E-state index in [2.05, 4.69) is 38.7 Å². The second-order valence-corrected chi connectivity index (χ2v) is 7.19. The molecule has 28 heavy (non-hydrogen) atoms. The van der Waals surface area contributed by atoms with Gasteiger partial charge in [0.15, 0.2) is 12.1 Å². The highest BCUT2D eigenvalue weighted by Crippen LogP contribution is 2.36. The van der Waals surface area contributed by atoms with E-state index in [4.69, 9.17) is 9.47 Å². The molecule has 1 aromatic carbocycles. The van der Waals surface area contributed by atoms with Crippen molar-refractivity contribution in [2.45, 2.75) is 6.29 Å². The highest BCUT2D eigenvalue weighted by atomic mass is 32.1. The van der Waals surface area contributed by atoms with Gasteiger partial charge < -0.3 is 14.8 Å². The smallest absolute Gasteiger partial charge is 0.173 e. The van der Waals surface area contributed by atoms with E-state index in [0.29, 0.717) is 12.4 Å². The van der Waals surface area contributed by atoms with Crippen LogP contribution in [0.5, 0.6) is 0 Å². The molecule has 0 bridgehead atoms. The standard InChI is InChI=1S/C21H20N4O2S/c1-26-19(27-2)13-23-21-15-8-4-3-7-14(15)20(24-25-21)18-11-10-17(28-18)16-9-5-6-12-22-16/h3-12,19H,13H2,1-2H3,(H,23,25). The lowest BCUT2D eigenvalue weighted by atomic mass is 10.1. The predicted octanol–water partition coefficient (Wildman–Crippen LogP) is 4.45. The normalized spacial score (nSPS) is 11.2. The molecule has 4 aromatic rings. The summed E-state index contributed by atoms with van der Waals surface area (Å²) in [7, 11) is 3.22. The van der Waals surface area contributed by atoms with Crippen LogP contribution >= 0.6 is 11.3 Å². The fourth-order valence-corrected chi connectivity index (χ4v) is 3.95. The average molecular weight is 392 g/mol. The van der Waals surface area contributed by atoms with Crippen LogP contribution in [0.15, 0.2) is 60.8 Å². The summed E-state index contributed by atoms with van der Waals surface area (Å²) < 4.78 is 10.5. The van der Waals surface area contributed by atoms with Crippen LogP contribution in [0.3, 0.4) is 0 Å². The Hall–Kier alpha value is -2.87. The lowest BCUT2D eigenvalue weighted by molar-refractivity contribution is -0.0914. The van der Waals surface area contributed by atoms with Gasteiger partial charge in [0, 0.05) is 31.2 Å². The summed E-state index contributed by atoms with van der Waals surface area (Å²) in [5.74, 6) is 0.708. The van der Waals surface area contributed by atoms with Crippen molar-refractivity contribution in [3.8, 4) is 21.1 Å². The van der Waals surface area contributed by atoms with Gasteiger partial charge in [-0.25, -0.2) is 0 Å². The molecule has 0 unspecified atom stereocenters. The number of aromatic nitrogens is 3. The van der Waals surface area contributed by atoms with E-state index >= 15 is 0 Å². The molecule has 0 spiro atoms. The first-order chi connectivity index (χ1) is 13.8. The molecule has 0 atom stereocenters. The summed E-state index contributed by atoms with van der Waals surface area (Å²) in [4.78, 5) is 6.59. The summed E-state index contributed by atoms with van der Waals surface area (Å²) in [6.45, 7) is 0.480. The molecule has 0 saturated heterocycles. The van der Waals surface area contributed by atoms with Crippen LogP contribution in [0.25, 0.3) is 31.9 Å². The van der Waals surface area contributed by atoms with E-state index in [9.17, 15) is 0 Å². The molecule has 7 heteroatoms. The van der Waals surface area contributed by atoms with E-state index in [1.54, 1.807) is 31.8 Å². The number of pyridine rings is 1. The van der Waals surface area contributed by atoms with Crippen molar-refractivity contribution < 1.29 is 9.47 Å². The van der Waals surface area contributed by atoms with Gasteiger partial charge in [0.1, 0.15) is 5.69 Å². The maximum absolute atomic E-state index is 5.23. The molecule has 0 fully saturated rings. The third-order valence-corrected chi connectivity index (χ3v) is 5.52. The third kappa shape index (κ3) is 3.73. The summed E-state index contributed by atoms with van der Waals surface area (Å²) in [5.41, 5.74) is 1.82. The Morgan fingerprint density at radius 3 is 2.39 bits per heavy atom. The molecule has 0 saturated carbocycles. The molecule has 0 aliphatic carbocycles. The zero-order valence-electron chi connectivity index (χ0n) is 15.6. The van der Waals surface area contributed by atoms with Gasteiger partial charge in [0.25, 0.3) is 0 Å². The van der Waals surface area contributed by atoms with Crippen LogP contribution in [0.2, 0.25) is 0 Å². The Labute approximate surface area is 167 Å². The number of benzene rings is 1. The van der Waals surface area contributed by atoms with E-state index in [1.807, 2.05) is 36.4 Å². The Morgan fingerprint density at radius 1 is 0.893 bits per heavy atom. The van der Waals surface area contributed by atoms with Gasteiger partial charge in [-0.2, -0.15) is 0 Å². The maximum atomic E-state index is 5.23. The first-order valence-corrected chi connectivity index (χ1v) is 9.68. The van der Waals surface area contributed by atoms with Gasteiger partial charge in [-0.05, 0) is 24.3 Å². The van der Waals surface area contributed by atoms with Crippen LogP contribution in [0.4, 0.5) is 5.82 Å². The molecule has 0 aliphatic rings. The topological polar surface area (TPSA) is 69.2 Å². The maximum Gasteiger partial charge on any atom is 0.173 e. The van der Waals surface area contributed by atoms with Crippen LogP contribution in [0.1, 0.15) is 0 Å².